The molecule has 0 unspecified atom stereocenters. The van der Waals surface area contributed by atoms with Crippen molar-refractivity contribution in [2.24, 2.45) is 0 Å². The third-order valence-corrected chi connectivity index (χ3v) is 3.23. The minimum Gasteiger partial charge on any atom is -0.508 e. The monoisotopic (exact) mass is 269 g/mol. The van der Waals surface area contributed by atoms with Crippen LogP contribution in [0.3, 0.4) is 0 Å². The van der Waals surface area contributed by atoms with Crippen LogP contribution < -0.4 is 0 Å². The molecule has 3 rings (SSSR count). The van der Waals surface area contributed by atoms with Gasteiger partial charge in [0.05, 0.1) is 17.3 Å². The Morgan fingerprint density at radius 1 is 1.15 bits per heavy atom. The maximum atomic E-state index is 10.0. The number of hydrogen-bond acceptors (Lipinski definition) is 4. The molecule has 0 amide bonds. The van der Waals surface area contributed by atoms with Gasteiger partial charge in [-0.1, -0.05) is 0 Å². The van der Waals surface area contributed by atoms with Crippen LogP contribution in [0.5, 0.6) is 11.5 Å². The fourth-order valence-corrected chi connectivity index (χ4v) is 2.37. The highest BCUT2D eigenvalue weighted by Gasteiger charge is 2.17. The first-order valence-corrected chi connectivity index (χ1v) is 6.42. The summed E-state index contributed by atoms with van der Waals surface area (Å²) in [5, 5.41) is 19.7. The van der Waals surface area contributed by atoms with Crippen LogP contribution in [0.4, 0.5) is 0 Å². The fraction of sp³-hybridized carbons (Fsp3) is 0.200. The van der Waals surface area contributed by atoms with Crippen LogP contribution in [0.25, 0.3) is 22.4 Å². The summed E-state index contributed by atoms with van der Waals surface area (Å²) >= 11 is 0. The van der Waals surface area contributed by atoms with Crippen LogP contribution in [-0.2, 0) is 0 Å². The van der Waals surface area contributed by atoms with Gasteiger partial charge in [-0.15, -0.1) is 0 Å². The van der Waals surface area contributed by atoms with Crippen LogP contribution in [0.15, 0.2) is 36.7 Å². The summed E-state index contributed by atoms with van der Waals surface area (Å²) in [4.78, 5) is 8.61. The van der Waals surface area contributed by atoms with E-state index in [1.165, 1.54) is 18.2 Å². The molecule has 0 saturated heterocycles. The van der Waals surface area contributed by atoms with Gasteiger partial charge in [-0.2, -0.15) is 0 Å². The molecule has 2 N–H and O–H groups in total. The van der Waals surface area contributed by atoms with Crippen LogP contribution in [-0.4, -0.2) is 24.7 Å². The Kier molecular flexibility index (Phi) is 2.82. The SMILES string of the molecule is CC(C)n1c(-c2cc(O)ccc2O)nc2cnccc21. The van der Waals surface area contributed by atoms with E-state index in [-0.39, 0.29) is 17.5 Å². The zero-order chi connectivity index (χ0) is 14.3. The average molecular weight is 269 g/mol. The maximum absolute atomic E-state index is 10.0. The largest absolute Gasteiger partial charge is 0.508 e. The van der Waals surface area contributed by atoms with E-state index in [1.807, 2.05) is 24.5 Å². The Balaban J connectivity index is 2.35. The molecule has 1 aromatic carbocycles. The van der Waals surface area contributed by atoms with Crippen molar-refractivity contribution in [3.05, 3.63) is 36.7 Å². The first-order valence-electron chi connectivity index (χ1n) is 6.42. The molecule has 2 heterocycles. The van der Waals surface area contributed by atoms with Gasteiger partial charge in [0.25, 0.3) is 0 Å². The molecule has 0 aliphatic carbocycles. The molecule has 0 bridgehead atoms. The van der Waals surface area contributed by atoms with Crippen molar-refractivity contribution < 1.29 is 10.2 Å². The Morgan fingerprint density at radius 2 is 1.95 bits per heavy atom. The molecule has 102 valence electrons. The minimum absolute atomic E-state index is 0.0907. The van der Waals surface area contributed by atoms with Gasteiger partial charge in [0.2, 0.25) is 0 Å². The number of rotatable bonds is 2. The van der Waals surface area contributed by atoms with Crippen molar-refractivity contribution >= 4 is 11.0 Å². The van der Waals surface area contributed by atoms with Crippen molar-refractivity contribution in [1.82, 2.24) is 14.5 Å². The van der Waals surface area contributed by atoms with E-state index < -0.39 is 0 Å². The molecule has 0 aliphatic heterocycles. The second-order valence-electron chi connectivity index (χ2n) is 4.97. The van der Waals surface area contributed by atoms with Crippen LogP contribution in [0.1, 0.15) is 19.9 Å². The number of phenolic OH excluding ortho intramolecular Hbond substituents is 2. The zero-order valence-electron chi connectivity index (χ0n) is 11.3. The molecule has 0 fully saturated rings. The van der Waals surface area contributed by atoms with Crippen molar-refractivity contribution in [1.29, 1.82) is 0 Å². The number of pyridine rings is 1. The lowest BCUT2D eigenvalue weighted by atomic mass is 10.1. The number of nitrogens with zero attached hydrogens (tertiary/aromatic N) is 3. The lowest BCUT2D eigenvalue weighted by Gasteiger charge is -2.14. The van der Waals surface area contributed by atoms with E-state index in [9.17, 15) is 10.2 Å². The molecule has 3 aromatic rings. The van der Waals surface area contributed by atoms with Gasteiger partial charge in [0, 0.05) is 12.2 Å². The minimum atomic E-state index is 0.0907. The quantitative estimate of drug-likeness (QED) is 0.701. The summed E-state index contributed by atoms with van der Waals surface area (Å²) in [7, 11) is 0. The lowest BCUT2D eigenvalue weighted by Crippen LogP contribution is -2.03. The summed E-state index contributed by atoms with van der Waals surface area (Å²) < 4.78 is 2.02. The highest BCUT2D eigenvalue weighted by Crippen LogP contribution is 2.35. The predicted molar refractivity (Wildman–Crippen MR) is 76.7 cm³/mol. The zero-order valence-corrected chi connectivity index (χ0v) is 11.3. The summed E-state index contributed by atoms with van der Waals surface area (Å²) in [6, 6.07) is 6.49. The number of fused-ring (bicyclic) bond motifs is 1. The average Bonchev–Trinajstić information content (AvgIpc) is 2.80. The number of benzene rings is 1. The molecule has 2 aromatic heterocycles. The van der Waals surface area contributed by atoms with Gasteiger partial charge < -0.3 is 14.8 Å². The van der Waals surface area contributed by atoms with Gasteiger partial charge in [-0.3, -0.25) is 4.98 Å². The summed E-state index contributed by atoms with van der Waals surface area (Å²) in [5.74, 6) is 0.808. The highest BCUT2D eigenvalue weighted by molar-refractivity contribution is 5.81. The van der Waals surface area contributed by atoms with Gasteiger partial charge >= 0.3 is 0 Å². The number of imidazole rings is 1. The Hall–Kier alpha value is -2.56. The number of hydrogen-bond donors (Lipinski definition) is 2. The van der Waals surface area contributed by atoms with E-state index >= 15 is 0 Å². The number of aromatic nitrogens is 3. The maximum Gasteiger partial charge on any atom is 0.145 e. The van der Waals surface area contributed by atoms with Gasteiger partial charge in [-0.05, 0) is 38.1 Å². The molecule has 5 heteroatoms. The Labute approximate surface area is 116 Å². The van der Waals surface area contributed by atoms with E-state index in [1.54, 1.807) is 12.4 Å². The lowest BCUT2D eigenvalue weighted by molar-refractivity contribution is 0.461. The highest BCUT2D eigenvalue weighted by atomic mass is 16.3. The molecular weight excluding hydrogens is 254 g/mol. The van der Waals surface area contributed by atoms with Crippen LogP contribution in [0.2, 0.25) is 0 Å². The first-order chi connectivity index (χ1) is 9.58. The second-order valence-corrected chi connectivity index (χ2v) is 4.97. The fourth-order valence-electron chi connectivity index (χ4n) is 2.37. The van der Waals surface area contributed by atoms with Crippen LogP contribution in [0, 0.1) is 0 Å². The van der Waals surface area contributed by atoms with Gasteiger partial charge in [0.1, 0.15) is 22.8 Å². The van der Waals surface area contributed by atoms with E-state index in [4.69, 9.17) is 0 Å². The number of phenols is 2. The van der Waals surface area contributed by atoms with E-state index in [0.29, 0.717) is 11.4 Å². The molecule has 5 nitrogen and oxygen atoms in total. The van der Waals surface area contributed by atoms with Crippen molar-refractivity contribution in [3.8, 4) is 22.9 Å². The smallest absolute Gasteiger partial charge is 0.145 e. The number of aromatic hydroxyl groups is 2. The van der Waals surface area contributed by atoms with Gasteiger partial charge in [0.15, 0.2) is 0 Å². The summed E-state index contributed by atoms with van der Waals surface area (Å²) in [6.45, 7) is 4.09. The third kappa shape index (κ3) is 1.87. The van der Waals surface area contributed by atoms with Crippen molar-refractivity contribution in [2.45, 2.75) is 19.9 Å². The van der Waals surface area contributed by atoms with Crippen LogP contribution >= 0.6 is 0 Å². The van der Waals surface area contributed by atoms with E-state index in [2.05, 4.69) is 9.97 Å². The summed E-state index contributed by atoms with van der Waals surface area (Å²) in [6.07, 6.45) is 3.41. The molecule has 0 saturated carbocycles. The molecule has 0 spiro atoms. The topological polar surface area (TPSA) is 71.2 Å². The van der Waals surface area contributed by atoms with E-state index in [0.717, 1.165) is 11.0 Å². The molecular formula is C15H15N3O2. The molecule has 20 heavy (non-hydrogen) atoms. The van der Waals surface area contributed by atoms with Gasteiger partial charge in [-0.25, -0.2) is 4.98 Å². The molecule has 0 aliphatic rings. The predicted octanol–water partition coefficient (Wildman–Crippen LogP) is 3.09. The normalized spacial score (nSPS) is 11.3. The van der Waals surface area contributed by atoms with Crippen molar-refractivity contribution in [3.63, 3.8) is 0 Å². The second kappa shape index (κ2) is 4.52. The molecule has 0 radical (unpaired) electrons. The van der Waals surface area contributed by atoms with Crippen molar-refractivity contribution in [2.75, 3.05) is 0 Å². The third-order valence-electron chi connectivity index (χ3n) is 3.23. The Morgan fingerprint density at radius 3 is 2.70 bits per heavy atom. The first kappa shape index (κ1) is 12.5. The summed E-state index contributed by atoms with van der Waals surface area (Å²) in [5.41, 5.74) is 2.22. The standard InChI is InChI=1S/C15H15N3O2/c1-9(2)18-13-5-6-16-8-12(13)17-15(18)11-7-10(19)3-4-14(11)20/h3-9,19-20H,1-2H3. The Bertz CT molecular complexity index is 778. The molecule has 0 atom stereocenters.